The molecule has 2 aromatic heterocycles. The first-order chi connectivity index (χ1) is 7.41. The quantitative estimate of drug-likeness (QED) is 0.686. The molecule has 0 aromatic carbocycles. The summed E-state index contributed by atoms with van der Waals surface area (Å²) >= 11 is 6.27. The topological polar surface area (TPSA) is 17.3 Å². The third-order valence-electron chi connectivity index (χ3n) is 2.65. The Morgan fingerprint density at radius 3 is 2.56 bits per heavy atom. The first-order valence-electron chi connectivity index (χ1n) is 5.53. The summed E-state index contributed by atoms with van der Waals surface area (Å²) in [4.78, 5) is 4.68. The van der Waals surface area contributed by atoms with Crippen LogP contribution in [0.2, 0.25) is 0 Å². The van der Waals surface area contributed by atoms with E-state index in [2.05, 4.69) is 30.2 Å². The molecule has 0 amide bonds. The molecule has 0 saturated heterocycles. The first-order valence-corrected chi connectivity index (χ1v) is 5.96. The summed E-state index contributed by atoms with van der Waals surface area (Å²) in [7, 11) is 0. The number of hydrogen-bond donors (Lipinski definition) is 0. The molecular formula is C13H17ClN2. The third kappa shape index (κ3) is 1.82. The number of hydrogen-bond acceptors (Lipinski definition) is 1. The standard InChI is InChI=1S/C13H17ClN2/c1-9(14)11-12(13(2,3)4)15-10-7-5-6-8-16(10)11/h5-9H,1-4H3. The summed E-state index contributed by atoms with van der Waals surface area (Å²) in [5.41, 5.74) is 3.17. The molecule has 0 saturated carbocycles. The molecule has 0 fully saturated rings. The second-order valence-electron chi connectivity index (χ2n) is 5.14. The van der Waals surface area contributed by atoms with E-state index in [0.717, 1.165) is 17.0 Å². The summed E-state index contributed by atoms with van der Waals surface area (Å²) in [6, 6.07) is 6.01. The van der Waals surface area contributed by atoms with Gasteiger partial charge >= 0.3 is 0 Å². The van der Waals surface area contributed by atoms with Crippen LogP contribution < -0.4 is 0 Å². The monoisotopic (exact) mass is 236 g/mol. The Morgan fingerprint density at radius 1 is 1.31 bits per heavy atom. The lowest BCUT2D eigenvalue weighted by atomic mass is 9.90. The minimum atomic E-state index is -0.0355. The molecule has 0 aliphatic carbocycles. The molecule has 1 unspecified atom stereocenters. The highest BCUT2D eigenvalue weighted by molar-refractivity contribution is 6.20. The van der Waals surface area contributed by atoms with Gasteiger partial charge < -0.3 is 4.40 Å². The number of pyridine rings is 1. The van der Waals surface area contributed by atoms with E-state index in [0.29, 0.717) is 0 Å². The van der Waals surface area contributed by atoms with Gasteiger partial charge in [-0.15, -0.1) is 11.6 Å². The van der Waals surface area contributed by atoms with E-state index in [1.165, 1.54) is 0 Å². The van der Waals surface area contributed by atoms with E-state index in [1.807, 2.05) is 31.3 Å². The molecule has 0 radical (unpaired) electrons. The van der Waals surface area contributed by atoms with Gasteiger partial charge in [-0.05, 0) is 19.1 Å². The molecule has 0 N–H and O–H groups in total. The summed E-state index contributed by atoms with van der Waals surface area (Å²) in [5.74, 6) is 0. The average molecular weight is 237 g/mol. The zero-order valence-electron chi connectivity index (χ0n) is 10.2. The van der Waals surface area contributed by atoms with Gasteiger partial charge in [-0.3, -0.25) is 0 Å². The van der Waals surface area contributed by atoms with Crippen LogP contribution in [0, 0.1) is 0 Å². The van der Waals surface area contributed by atoms with E-state index in [9.17, 15) is 0 Å². The van der Waals surface area contributed by atoms with Crippen molar-refractivity contribution < 1.29 is 0 Å². The fourth-order valence-electron chi connectivity index (χ4n) is 1.95. The van der Waals surface area contributed by atoms with Crippen LogP contribution in [-0.4, -0.2) is 9.38 Å². The van der Waals surface area contributed by atoms with Crippen LogP contribution in [0.15, 0.2) is 24.4 Å². The minimum Gasteiger partial charge on any atom is -0.302 e. The zero-order valence-corrected chi connectivity index (χ0v) is 10.9. The number of aromatic nitrogens is 2. The number of imidazole rings is 1. The van der Waals surface area contributed by atoms with Crippen molar-refractivity contribution >= 4 is 17.2 Å². The van der Waals surface area contributed by atoms with Gasteiger partial charge in [0, 0.05) is 11.6 Å². The van der Waals surface area contributed by atoms with Gasteiger partial charge in [0.15, 0.2) is 0 Å². The van der Waals surface area contributed by atoms with Gasteiger partial charge in [0.1, 0.15) is 5.65 Å². The molecule has 2 aromatic rings. The molecule has 0 bridgehead atoms. The molecule has 2 nitrogen and oxygen atoms in total. The van der Waals surface area contributed by atoms with Crippen LogP contribution in [0.5, 0.6) is 0 Å². The minimum absolute atomic E-state index is 0.0184. The maximum Gasteiger partial charge on any atom is 0.137 e. The number of rotatable bonds is 1. The molecule has 3 heteroatoms. The highest BCUT2D eigenvalue weighted by atomic mass is 35.5. The lowest BCUT2D eigenvalue weighted by molar-refractivity contribution is 0.564. The summed E-state index contributed by atoms with van der Waals surface area (Å²) in [6.07, 6.45) is 2.02. The van der Waals surface area contributed by atoms with Crippen LogP contribution in [0.1, 0.15) is 44.5 Å². The molecule has 1 atom stereocenters. The lowest BCUT2D eigenvalue weighted by Gasteiger charge is -2.18. The molecule has 2 heterocycles. The van der Waals surface area contributed by atoms with Crippen LogP contribution in [0.3, 0.4) is 0 Å². The molecule has 0 spiro atoms. The number of alkyl halides is 1. The number of halogens is 1. The van der Waals surface area contributed by atoms with Gasteiger partial charge in [0.25, 0.3) is 0 Å². The van der Waals surface area contributed by atoms with E-state index < -0.39 is 0 Å². The Hall–Kier alpha value is -1.02. The summed E-state index contributed by atoms with van der Waals surface area (Å²) < 4.78 is 2.08. The van der Waals surface area contributed by atoms with Crippen LogP contribution in [-0.2, 0) is 5.41 Å². The van der Waals surface area contributed by atoms with Crippen molar-refractivity contribution in [1.29, 1.82) is 0 Å². The van der Waals surface area contributed by atoms with Gasteiger partial charge in [0.2, 0.25) is 0 Å². The maximum atomic E-state index is 6.27. The summed E-state index contributed by atoms with van der Waals surface area (Å²) in [6.45, 7) is 8.49. The van der Waals surface area contributed by atoms with Crippen LogP contribution >= 0.6 is 11.6 Å². The first kappa shape index (κ1) is 11.5. The average Bonchev–Trinajstić information content (AvgIpc) is 2.55. The normalized spacial score (nSPS) is 14.3. The maximum absolute atomic E-state index is 6.27. The van der Waals surface area contributed by atoms with Gasteiger partial charge in [-0.2, -0.15) is 0 Å². The highest BCUT2D eigenvalue weighted by Gasteiger charge is 2.25. The van der Waals surface area contributed by atoms with Crippen molar-refractivity contribution in [1.82, 2.24) is 9.38 Å². The molecule has 2 rings (SSSR count). The van der Waals surface area contributed by atoms with Gasteiger partial charge in [-0.25, -0.2) is 4.98 Å². The predicted molar refractivity (Wildman–Crippen MR) is 68.2 cm³/mol. The number of fused-ring (bicyclic) bond motifs is 1. The molecule has 0 aliphatic heterocycles. The van der Waals surface area contributed by atoms with Crippen molar-refractivity contribution in [3.8, 4) is 0 Å². The third-order valence-corrected chi connectivity index (χ3v) is 2.86. The van der Waals surface area contributed by atoms with Crippen LogP contribution in [0.4, 0.5) is 0 Å². The fraction of sp³-hybridized carbons (Fsp3) is 0.462. The Kier molecular flexibility index (Phi) is 2.70. The molecule has 16 heavy (non-hydrogen) atoms. The Bertz CT molecular complexity index is 506. The van der Waals surface area contributed by atoms with Crippen molar-refractivity contribution in [2.45, 2.75) is 38.5 Å². The molecular weight excluding hydrogens is 220 g/mol. The Morgan fingerprint density at radius 2 is 2.00 bits per heavy atom. The van der Waals surface area contributed by atoms with E-state index >= 15 is 0 Å². The van der Waals surface area contributed by atoms with Crippen molar-refractivity contribution in [3.05, 3.63) is 35.8 Å². The Labute approximate surface area is 101 Å². The van der Waals surface area contributed by atoms with E-state index in [-0.39, 0.29) is 10.8 Å². The predicted octanol–water partition coefficient (Wildman–Crippen LogP) is 3.93. The van der Waals surface area contributed by atoms with Gasteiger partial charge in [-0.1, -0.05) is 26.8 Å². The zero-order chi connectivity index (χ0) is 11.9. The van der Waals surface area contributed by atoms with Crippen LogP contribution in [0.25, 0.3) is 5.65 Å². The lowest BCUT2D eigenvalue weighted by Crippen LogP contribution is -2.15. The Balaban J connectivity index is 2.78. The van der Waals surface area contributed by atoms with E-state index in [4.69, 9.17) is 11.6 Å². The SMILES string of the molecule is CC(Cl)c1c(C(C)(C)C)nc2ccccn12. The smallest absolute Gasteiger partial charge is 0.137 e. The largest absolute Gasteiger partial charge is 0.302 e. The van der Waals surface area contributed by atoms with Crippen molar-refractivity contribution in [2.75, 3.05) is 0 Å². The van der Waals surface area contributed by atoms with Crippen molar-refractivity contribution in [3.63, 3.8) is 0 Å². The highest BCUT2D eigenvalue weighted by Crippen LogP contribution is 2.32. The second kappa shape index (κ2) is 3.77. The van der Waals surface area contributed by atoms with E-state index in [1.54, 1.807) is 0 Å². The fourth-order valence-corrected chi connectivity index (χ4v) is 2.16. The molecule has 86 valence electrons. The summed E-state index contributed by atoms with van der Waals surface area (Å²) in [5, 5.41) is -0.0355. The number of nitrogens with zero attached hydrogens (tertiary/aromatic N) is 2. The second-order valence-corrected chi connectivity index (χ2v) is 5.80. The van der Waals surface area contributed by atoms with Crippen molar-refractivity contribution in [2.24, 2.45) is 0 Å². The molecule has 0 aliphatic rings. The van der Waals surface area contributed by atoms with Gasteiger partial charge in [0.05, 0.1) is 16.8 Å².